The van der Waals surface area contributed by atoms with E-state index in [-0.39, 0.29) is 6.10 Å². The van der Waals surface area contributed by atoms with Gasteiger partial charge in [-0.05, 0) is 38.3 Å². The standard InChI is InChI=1S/C9H21N2OPS2/c1-5-6-7-10-8-11-13(14,15-4)12-9(2)3/h8-9H,5-7H2,1-4H3,(H,10,11,14). The van der Waals surface area contributed by atoms with Crippen molar-refractivity contribution in [1.82, 2.24) is 5.09 Å². The quantitative estimate of drug-likeness (QED) is 0.316. The van der Waals surface area contributed by atoms with Gasteiger partial charge in [0.1, 0.15) is 0 Å². The van der Waals surface area contributed by atoms with Crippen LogP contribution in [0, 0.1) is 0 Å². The summed E-state index contributed by atoms with van der Waals surface area (Å²) >= 11 is 6.97. The van der Waals surface area contributed by atoms with Crippen molar-refractivity contribution in [2.75, 3.05) is 12.8 Å². The van der Waals surface area contributed by atoms with E-state index in [1.165, 1.54) is 0 Å². The van der Waals surface area contributed by atoms with Crippen molar-refractivity contribution < 1.29 is 4.52 Å². The number of unbranched alkanes of at least 4 members (excludes halogenated alkanes) is 1. The lowest BCUT2D eigenvalue weighted by Gasteiger charge is -2.21. The number of nitrogens with zero attached hydrogens (tertiary/aromatic N) is 1. The van der Waals surface area contributed by atoms with Crippen molar-refractivity contribution in [1.29, 1.82) is 0 Å². The molecule has 0 rings (SSSR count). The summed E-state index contributed by atoms with van der Waals surface area (Å²) in [5.74, 6) is 0. The summed E-state index contributed by atoms with van der Waals surface area (Å²) in [7, 11) is 0. The molecular formula is C9H21N2OPS2. The second kappa shape index (κ2) is 8.57. The van der Waals surface area contributed by atoms with Crippen LogP contribution in [0.4, 0.5) is 0 Å². The molecule has 15 heavy (non-hydrogen) atoms. The van der Waals surface area contributed by atoms with Gasteiger partial charge in [-0.1, -0.05) is 24.7 Å². The van der Waals surface area contributed by atoms with Crippen LogP contribution >= 0.6 is 17.0 Å². The van der Waals surface area contributed by atoms with E-state index in [0.717, 1.165) is 19.4 Å². The van der Waals surface area contributed by atoms with Crippen LogP contribution in [-0.2, 0) is 16.3 Å². The van der Waals surface area contributed by atoms with Gasteiger partial charge in [0, 0.05) is 6.54 Å². The molecule has 0 aromatic rings. The van der Waals surface area contributed by atoms with E-state index in [0.29, 0.717) is 0 Å². The molecule has 0 heterocycles. The van der Waals surface area contributed by atoms with Crippen LogP contribution in [0.25, 0.3) is 0 Å². The molecule has 1 unspecified atom stereocenters. The summed E-state index contributed by atoms with van der Waals surface area (Å²) in [6, 6.07) is 0. The minimum Gasteiger partial charge on any atom is -0.324 e. The van der Waals surface area contributed by atoms with Gasteiger partial charge in [-0.2, -0.15) is 0 Å². The van der Waals surface area contributed by atoms with E-state index in [4.69, 9.17) is 16.3 Å². The van der Waals surface area contributed by atoms with Crippen LogP contribution in [-0.4, -0.2) is 25.2 Å². The Morgan fingerprint density at radius 1 is 1.60 bits per heavy atom. The third kappa shape index (κ3) is 8.26. The molecular weight excluding hydrogens is 247 g/mol. The highest BCUT2D eigenvalue weighted by Crippen LogP contribution is 2.54. The highest BCUT2D eigenvalue weighted by atomic mass is 32.9. The molecule has 0 bridgehead atoms. The third-order valence-corrected chi connectivity index (χ3v) is 7.08. The van der Waals surface area contributed by atoms with Crippen LogP contribution in [0.5, 0.6) is 0 Å². The van der Waals surface area contributed by atoms with E-state index in [9.17, 15) is 0 Å². The first-order chi connectivity index (χ1) is 7.04. The lowest BCUT2D eigenvalue weighted by molar-refractivity contribution is 0.274. The van der Waals surface area contributed by atoms with Crippen molar-refractivity contribution in [3.05, 3.63) is 0 Å². The maximum Gasteiger partial charge on any atom is 0.211 e. The number of rotatable bonds is 8. The largest absolute Gasteiger partial charge is 0.324 e. The Bertz CT molecular complexity index is 234. The summed E-state index contributed by atoms with van der Waals surface area (Å²) < 4.78 is 5.68. The maximum absolute atomic E-state index is 5.68. The molecule has 0 aliphatic carbocycles. The fourth-order valence-corrected chi connectivity index (χ4v) is 3.75. The van der Waals surface area contributed by atoms with Crippen LogP contribution in [0.3, 0.4) is 0 Å². The molecule has 0 saturated carbocycles. The number of hydrogen-bond donors (Lipinski definition) is 1. The van der Waals surface area contributed by atoms with Crippen molar-refractivity contribution in [3.8, 4) is 0 Å². The highest BCUT2D eigenvalue weighted by molar-refractivity contribution is 8.68. The molecule has 0 aliphatic rings. The fraction of sp³-hybridized carbons (Fsp3) is 0.889. The Morgan fingerprint density at radius 2 is 2.27 bits per heavy atom. The topological polar surface area (TPSA) is 33.6 Å². The molecule has 0 radical (unpaired) electrons. The Kier molecular flexibility index (Phi) is 8.81. The first-order valence-corrected chi connectivity index (χ1v) is 9.69. The Hall–Kier alpha value is 0.430. The zero-order valence-electron chi connectivity index (χ0n) is 9.90. The molecule has 3 nitrogen and oxygen atoms in total. The highest BCUT2D eigenvalue weighted by Gasteiger charge is 2.15. The van der Waals surface area contributed by atoms with Gasteiger partial charge in [0.2, 0.25) is 5.62 Å². The molecule has 0 spiro atoms. The van der Waals surface area contributed by atoms with Gasteiger partial charge in [0.25, 0.3) is 0 Å². The van der Waals surface area contributed by atoms with Crippen LogP contribution < -0.4 is 5.09 Å². The van der Waals surface area contributed by atoms with E-state index >= 15 is 0 Å². The van der Waals surface area contributed by atoms with Crippen LogP contribution in [0.1, 0.15) is 33.6 Å². The normalized spacial score (nSPS) is 15.8. The zero-order valence-corrected chi connectivity index (χ0v) is 12.4. The van der Waals surface area contributed by atoms with E-state index in [2.05, 4.69) is 17.0 Å². The maximum atomic E-state index is 5.68. The third-order valence-electron chi connectivity index (χ3n) is 1.54. The van der Waals surface area contributed by atoms with Crippen molar-refractivity contribution >= 4 is 35.1 Å². The molecule has 1 atom stereocenters. The predicted molar refractivity (Wildman–Crippen MR) is 75.4 cm³/mol. The summed E-state index contributed by atoms with van der Waals surface area (Å²) in [5, 5.41) is 3.11. The first-order valence-electron chi connectivity index (χ1n) is 5.14. The Labute approximate surface area is 102 Å². The molecule has 6 heteroatoms. The SMILES string of the molecule is CCCCN=CNP(=S)(OC(C)C)SC. The molecule has 0 aromatic carbocycles. The second-order valence-electron chi connectivity index (χ2n) is 3.35. The monoisotopic (exact) mass is 268 g/mol. The van der Waals surface area contributed by atoms with Gasteiger partial charge < -0.3 is 9.61 Å². The summed E-state index contributed by atoms with van der Waals surface area (Å²) in [4.78, 5) is 4.23. The predicted octanol–water partition coefficient (Wildman–Crippen LogP) is 3.42. The van der Waals surface area contributed by atoms with E-state index in [1.54, 1.807) is 17.7 Å². The molecule has 90 valence electrons. The van der Waals surface area contributed by atoms with Gasteiger partial charge in [-0.25, -0.2) is 0 Å². The smallest absolute Gasteiger partial charge is 0.211 e. The molecule has 0 fully saturated rings. The summed E-state index contributed by atoms with van der Waals surface area (Å²) in [6.07, 6.45) is 6.10. The van der Waals surface area contributed by atoms with Crippen LogP contribution in [0.2, 0.25) is 0 Å². The number of nitrogens with one attached hydrogen (secondary N) is 1. The molecule has 0 saturated heterocycles. The van der Waals surface area contributed by atoms with Gasteiger partial charge in [0.05, 0.1) is 12.4 Å². The average molecular weight is 268 g/mol. The molecule has 0 amide bonds. The van der Waals surface area contributed by atoms with Gasteiger partial charge in [0.15, 0.2) is 0 Å². The fourth-order valence-electron chi connectivity index (χ4n) is 0.829. The second-order valence-corrected chi connectivity index (χ2v) is 10.1. The van der Waals surface area contributed by atoms with Crippen LogP contribution in [0.15, 0.2) is 4.99 Å². The Morgan fingerprint density at radius 3 is 2.73 bits per heavy atom. The molecule has 0 aromatic heterocycles. The van der Waals surface area contributed by atoms with Crippen molar-refractivity contribution in [3.63, 3.8) is 0 Å². The van der Waals surface area contributed by atoms with E-state index < -0.39 is 5.62 Å². The van der Waals surface area contributed by atoms with Gasteiger partial charge in [-0.15, -0.1) is 0 Å². The zero-order chi connectivity index (χ0) is 11.7. The number of aliphatic imine (C=N–C) groups is 1. The van der Waals surface area contributed by atoms with Crippen molar-refractivity contribution in [2.24, 2.45) is 4.99 Å². The number of hydrogen-bond acceptors (Lipinski definition) is 4. The summed E-state index contributed by atoms with van der Waals surface area (Å²) in [5.41, 5.74) is -1.95. The molecule has 1 N–H and O–H groups in total. The summed E-state index contributed by atoms with van der Waals surface area (Å²) in [6.45, 7) is 6.99. The van der Waals surface area contributed by atoms with E-state index in [1.807, 2.05) is 20.1 Å². The Balaban J connectivity index is 3.98. The van der Waals surface area contributed by atoms with Crippen molar-refractivity contribution in [2.45, 2.75) is 39.7 Å². The lowest BCUT2D eigenvalue weighted by atomic mass is 10.3. The van der Waals surface area contributed by atoms with Gasteiger partial charge >= 0.3 is 0 Å². The molecule has 0 aliphatic heterocycles. The minimum absolute atomic E-state index is 0.153. The lowest BCUT2D eigenvalue weighted by Crippen LogP contribution is -2.11. The first kappa shape index (κ1) is 15.4. The minimum atomic E-state index is -1.95. The van der Waals surface area contributed by atoms with Gasteiger partial charge in [-0.3, -0.25) is 4.99 Å². The average Bonchev–Trinajstić information content (AvgIpc) is 2.16.